The molecule has 0 aliphatic heterocycles. The summed E-state index contributed by atoms with van der Waals surface area (Å²) >= 11 is 0. The molecule has 0 aromatic rings. The van der Waals surface area contributed by atoms with Crippen LogP contribution < -0.4 is 5.32 Å². The van der Waals surface area contributed by atoms with Gasteiger partial charge >= 0.3 is 0 Å². The van der Waals surface area contributed by atoms with Gasteiger partial charge in [-0.3, -0.25) is 4.79 Å². The second-order valence-corrected chi connectivity index (χ2v) is 5.77. The average Bonchev–Trinajstić information content (AvgIpc) is 2.05. The molecule has 0 aromatic carbocycles. The molecule has 3 nitrogen and oxygen atoms in total. The van der Waals surface area contributed by atoms with Crippen molar-refractivity contribution >= 4 is 5.91 Å². The molecule has 1 amide bonds. The van der Waals surface area contributed by atoms with E-state index in [1.54, 1.807) is 7.11 Å². The molecule has 88 valence electrons. The zero-order chi connectivity index (χ0) is 11.5. The monoisotopic (exact) mass is 213 g/mol. The predicted molar refractivity (Wildman–Crippen MR) is 60.3 cm³/mol. The van der Waals surface area contributed by atoms with Gasteiger partial charge in [0.25, 0.3) is 0 Å². The predicted octanol–water partition coefficient (Wildman–Crippen LogP) is 2.17. The van der Waals surface area contributed by atoms with Crippen molar-refractivity contribution in [3.05, 3.63) is 0 Å². The van der Waals surface area contributed by atoms with Crippen molar-refractivity contribution in [3.63, 3.8) is 0 Å². The van der Waals surface area contributed by atoms with Crippen LogP contribution in [-0.4, -0.2) is 19.7 Å². The number of ether oxygens (including phenoxy) is 1. The van der Waals surface area contributed by atoms with Gasteiger partial charge in [-0.1, -0.05) is 20.8 Å². The molecule has 1 aliphatic rings. The Bertz CT molecular complexity index is 214. The summed E-state index contributed by atoms with van der Waals surface area (Å²) in [5.41, 5.74) is 0.388. The van der Waals surface area contributed by atoms with E-state index < -0.39 is 0 Å². The number of nitrogens with one attached hydrogen (secondary N) is 1. The Kier molecular flexibility index (Phi) is 4.14. The van der Waals surface area contributed by atoms with Gasteiger partial charge in [0.05, 0.1) is 0 Å². The molecule has 0 radical (unpaired) electrons. The van der Waals surface area contributed by atoms with Gasteiger partial charge in [0.2, 0.25) is 5.91 Å². The molecular formula is C12H23NO2. The van der Waals surface area contributed by atoms with Crippen LogP contribution in [0.2, 0.25) is 0 Å². The normalized spacial score (nSPS) is 25.9. The molecular weight excluding hydrogens is 190 g/mol. The zero-order valence-corrected chi connectivity index (χ0v) is 10.3. The first kappa shape index (κ1) is 12.5. The SMILES string of the molecule is COCNC(=O)C1CC(CC(C)(C)C)C1. The highest BCUT2D eigenvalue weighted by atomic mass is 16.5. The van der Waals surface area contributed by atoms with Crippen molar-refractivity contribution in [1.82, 2.24) is 5.32 Å². The molecule has 1 saturated carbocycles. The summed E-state index contributed by atoms with van der Waals surface area (Å²) in [6.45, 7) is 7.10. The second-order valence-electron chi connectivity index (χ2n) is 5.77. The molecule has 1 rings (SSSR count). The van der Waals surface area contributed by atoms with Crippen molar-refractivity contribution < 1.29 is 9.53 Å². The highest BCUT2D eigenvalue weighted by molar-refractivity contribution is 5.79. The summed E-state index contributed by atoms with van der Waals surface area (Å²) in [5.74, 6) is 1.12. The van der Waals surface area contributed by atoms with Gasteiger partial charge in [-0.2, -0.15) is 0 Å². The lowest BCUT2D eigenvalue weighted by molar-refractivity contribution is -0.131. The number of hydrogen-bond donors (Lipinski definition) is 1. The number of carbonyl (C=O) groups excluding carboxylic acids is 1. The molecule has 0 unspecified atom stereocenters. The van der Waals surface area contributed by atoms with E-state index in [2.05, 4.69) is 26.1 Å². The van der Waals surface area contributed by atoms with Gasteiger partial charge < -0.3 is 10.1 Å². The molecule has 0 heterocycles. The van der Waals surface area contributed by atoms with Crippen LogP contribution in [0.25, 0.3) is 0 Å². The first-order valence-electron chi connectivity index (χ1n) is 5.69. The smallest absolute Gasteiger partial charge is 0.224 e. The van der Waals surface area contributed by atoms with E-state index >= 15 is 0 Å². The zero-order valence-electron chi connectivity index (χ0n) is 10.3. The minimum atomic E-state index is 0.155. The highest BCUT2D eigenvalue weighted by Gasteiger charge is 2.36. The summed E-state index contributed by atoms with van der Waals surface area (Å²) in [6, 6.07) is 0. The van der Waals surface area contributed by atoms with Crippen LogP contribution in [0, 0.1) is 17.3 Å². The molecule has 1 aliphatic carbocycles. The average molecular weight is 213 g/mol. The van der Waals surface area contributed by atoms with Crippen molar-refractivity contribution in [2.75, 3.05) is 13.8 Å². The largest absolute Gasteiger partial charge is 0.364 e. The Morgan fingerprint density at radius 1 is 1.40 bits per heavy atom. The third-order valence-corrected chi connectivity index (χ3v) is 2.90. The summed E-state index contributed by atoms with van der Waals surface area (Å²) in [5, 5.41) is 2.76. The van der Waals surface area contributed by atoms with Crippen molar-refractivity contribution in [3.8, 4) is 0 Å². The lowest BCUT2D eigenvalue weighted by atomic mass is 9.68. The van der Waals surface area contributed by atoms with Gasteiger partial charge in [-0.05, 0) is 30.6 Å². The standard InChI is InChI=1S/C12H23NO2/c1-12(2,3)7-9-5-10(6-9)11(14)13-8-15-4/h9-10H,5-8H2,1-4H3,(H,13,14). The molecule has 0 bridgehead atoms. The van der Waals surface area contributed by atoms with E-state index in [9.17, 15) is 4.79 Å². The summed E-state index contributed by atoms with van der Waals surface area (Å²) in [6.07, 6.45) is 3.32. The van der Waals surface area contributed by atoms with Crippen LogP contribution >= 0.6 is 0 Å². The van der Waals surface area contributed by atoms with Crippen LogP contribution in [0.4, 0.5) is 0 Å². The first-order chi connectivity index (χ1) is 6.92. The fourth-order valence-electron chi connectivity index (χ4n) is 2.27. The van der Waals surface area contributed by atoms with Gasteiger partial charge in [0.1, 0.15) is 6.73 Å². The third-order valence-electron chi connectivity index (χ3n) is 2.90. The van der Waals surface area contributed by atoms with Crippen molar-refractivity contribution in [2.45, 2.75) is 40.0 Å². The molecule has 0 aromatic heterocycles. The minimum absolute atomic E-state index is 0.155. The van der Waals surface area contributed by atoms with Crippen LogP contribution in [0.15, 0.2) is 0 Å². The highest BCUT2D eigenvalue weighted by Crippen LogP contribution is 2.41. The maximum atomic E-state index is 11.5. The maximum absolute atomic E-state index is 11.5. The van der Waals surface area contributed by atoms with E-state index in [0.29, 0.717) is 12.1 Å². The number of hydrogen-bond acceptors (Lipinski definition) is 2. The summed E-state index contributed by atoms with van der Waals surface area (Å²) in [7, 11) is 1.59. The van der Waals surface area contributed by atoms with Crippen LogP contribution in [-0.2, 0) is 9.53 Å². The number of amides is 1. The number of carbonyl (C=O) groups is 1. The Hall–Kier alpha value is -0.570. The first-order valence-corrected chi connectivity index (χ1v) is 5.69. The maximum Gasteiger partial charge on any atom is 0.224 e. The molecule has 0 spiro atoms. The van der Waals surface area contributed by atoms with Crippen LogP contribution in [0.1, 0.15) is 40.0 Å². The summed E-state index contributed by atoms with van der Waals surface area (Å²) in [4.78, 5) is 11.5. The fourth-order valence-corrected chi connectivity index (χ4v) is 2.27. The Balaban J connectivity index is 2.17. The van der Waals surface area contributed by atoms with Crippen LogP contribution in [0.3, 0.4) is 0 Å². The lowest BCUT2D eigenvalue weighted by Gasteiger charge is -2.38. The van der Waals surface area contributed by atoms with Gasteiger partial charge in [-0.25, -0.2) is 0 Å². The van der Waals surface area contributed by atoms with Gasteiger partial charge in [-0.15, -0.1) is 0 Å². The quantitative estimate of drug-likeness (QED) is 0.727. The molecule has 0 atom stereocenters. The second kappa shape index (κ2) is 4.97. The molecule has 3 heteroatoms. The molecule has 15 heavy (non-hydrogen) atoms. The Morgan fingerprint density at radius 2 is 2.00 bits per heavy atom. The van der Waals surface area contributed by atoms with E-state index in [1.807, 2.05) is 0 Å². The Morgan fingerprint density at radius 3 is 2.47 bits per heavy atom. The summed E-state index contributed by atoms with van der Waals surface area (Å²) < 4.78 is 4.81. The van der Waals surface area contributed by atoms with E-state index in [-0.39, 0.29) is 11.8 Å². The van der Waals surface area contributed by atoms with E-state index in [0.717, 1.165) is 18.8 Å². The number of rotatable bonds is 4. The molecule has 1 fully saturated rings. The fraction of sp³-hybridized carbons (Fsp3) is 0.917. The topological polar surface area (TPSA) is 38.3 Å². The van der Waals surface area contributed by atoms with E-state index in [1.165, 1.54) is 6.42 Å². The van der Waals surface area contributed by atoms with Crippen molar-refractivity contribution in [1.29, 1.82) is 0 Å². The molecule has 0 saturated heterocycles. The molecule has 1 N–H and O–H groups in total. The van der Waals surface area contributed by atoms with Crippen molar-refractivity contribution in [2.24, 2.45) is 17.3 Å². The Labute approximate surface area is 92.6 Å². The van der Waals surface area contributed by atoms with Gasteiger partial charge in [0, 0.05) is 13.0 Å². The minimum Gasteiger partial charge on any atom is -0.364 e. The number of methoxy groups -OCH3 is 1. The lowest BCUT2D eigenvalue weighted by Crippen LogP contribution is -2.40. The van der Waals surface area contributed by atoms with Gasteiger partial charge in [0.15, 0.2) is 0 Å². The third kappa shape index (κ3) is 4.20. The van der Waals surface area contributed by atoms with Crippen LogP contribution in [0.5, 0.6) is 0 Å². The van der Waals surface area contributed by atoms with E-state index in [4.69, 9.17) is 4.74 Å².